The van der Waals surface area contributed by atoms with E-state index < -0.39 is 58.7 Å². The highest BCUT2D eigenvalue weighted by molar-refractivity contribution is 6.83. The molecule has 0 aliphatic rings. The van der Waals surface area contributed by atoms with Gasteiger partial charge in [0, 0.05) is 5.56 Å². The third kappa shape index (κ3) is 4.59. The third-order valence-corrected chi connectivity index (χ3v) is 4.98. The molecule has 2 aromatic rings. The number of nitrogens with one attached hydrogen (secondary N) is 1. The van der Waals surface area contributed by atoms with Crippen molar-refractivity contribution in [1.29, 1.82) is 0 Å². The molecule has 0 aliphatic carbocycles. The van der Waals surface area contributed by atoms with E-state index in [9.17, 15) is 26.3 Å². The monoisotopic (exact) mass is 459 g/mol. The average Bonchev–Trinajstić information content (AvgIpc) is 2.91. The molecular weight excluding hydrogens is 447 g/mol. The number of aromatic nitrogens is 2. The summed E-state index contributed by atoms with van der Waals surface area (Å²) in [4.78, 5) is 0. The highest BCUT2D eigenvalue weighted by Crippen LogP contribution is 2.46. The zero-order valence-electron chi connectivity index (χ0n) is 14.6. The molecule has 0 aliphatic heterocycles. The second-order valence-corrected chi connectivity index (χ2v) is 12.4. The number of nitrogens with zero attached hydrogens (tertiary/aromatic N) is 1. The Morgan fingerprint density at radius 1 is 1.07 bits per heavy atom. The van der Waals surface area contributed by atoms with Gasteiger partial charge in [-0.15, -0.1) is 5.54 Å². The number of alkyl halides is 6. The molecule has 0 spiro atoms. The summed E-state index contributed by atoms with van der Waals surface area (Å²) < 4.78 is 79.1. The van der Waals surface area contributed by atoms with Crippen molar-refractivity contribution in [2.45, 2.75) is 32.0 Å². The van der Waals surface area contributed by atoms with Crippen LogP contribution in [0, 0.1) is 11.5 Å². The summed E-state index contributed by atoms with van der Waals surface area (Å²) in [6.45, 7) is 5.43. The summed E-state index contributed by atoms with van der Waals surface area (Å²) in [7, 11) is -2.10. The quantitative estimate of drug-likeness (QED) is 0.229. The smallest absolute Gasteiger partial charge is 0.397 e. The molecule has 0 fully saturated rings. The number of H-pyrrole nitrogens is 1. The molecular formula is C16H13Cl2F6N3Si. The predicted octanol–water partition coefficient (Wildman–Crippen LogP) is 6.23. The zero-order chi connectivity index (χ0) is 21.7. The number of rotatable bonds is 1. The molecule has 3 nitrogen and oxygen atoms in total. The molecule has 0 bridgehead atoms. The Morgan fingerprint density at radius 3 is 2.11 bits per heavy atom. The van der Waals surface area contributed by atoms with Gasteiger partial charge in [-0.2, -0.15) is 31.4 Å². The van der Waals surface area contributed by atoms with Gasteiger partial charge in [0.25, 0.3) is 0 Å². The lowest BCUT2D eigenvalue weighted by molar-refractivity contribution is -0.141. The van der Waals surface area contributed by atoms with Gasteiger partial charge >= 0.3 is 12.4 Å². The van der Waals surface area contributed by atoms with Crippen LogP contribution in [0.1, 0.15) is 16.8 Å². The van der Waals surface area contributed by atoms with E-state index in [2.05, 4.69) is 16.6 Å². The molecule has 0 unspecified atom stereocenters. The molecule has 12 heteroatoms. The van der Waals surface area contributed by atoms with Gasteiger partial charge in [-0.05, 0) is 6.07 Å². The van der Waals surface area contributed by atoms with Crippen LogP contribution >= 0.6 is 23.2 Å². The third-order valence-electron chi connectivity index (χ3n) is 3.41. The largest absolute Gasteiger partial charge is 0.434 e. The Labute approximate surface area is 167 Å². The molecule has 3 N–H and O–H groups in total. The number of hydrogen-bond donors (Lipinski definition) is 2. The fourth-order valence-electron chi connectivity index (χ4n) is 2.19. The van der Waals surface area contributed by atoms with Gasteiger partial charge in [-0.25, -0.2) is 0 Å². The van der Waals surface area contributed by atoms with Gasteiger partial charge in [0.05, 0.1) is 26.9 Å². The minimum atomic E-state index is -4.85. The molecule has 1 aromatic heterocycles. The number of aromatic amines is 1. The maximum absolute atomic E-state index is 13.3. The molecule has 0 saturated carbocycles. The van der Waals surface area contributed by atoms with E-state index in [0.29, 0.717) is 6.07 Å². The van der Waals surface area contributed by atoms with Gasteiger partial charge in [0.1, 0.15) is 13.8 Å². The van der Waals surface area contributed by atoms with Crippen LogP contribution in [0.3, 0.4) is 0 Å². The first-order chi connectivity index (χ1) is 12.5. The summed E-state index contributed by atoms with van der Waals surface area (Å²) in [5.41, 5.74) is 3.47. The Kier molecular flexibility index (Phi) is 5.78. The average molecular weight is 460 g/mol. The second-order valence-electron chi connectivity index (χ2n) is 6.83. The van der Waals surface area contributed by atoms with Crippen molar-refractivity contribution in [3.8, 4) is 22.7 Å². The summed E-state index contributed by atoms with van der Waals surface area (Å²) in [6, 6.07) is 0.496. The molecule has 2 rings (SSSR count). The van der Waals surface area contributed by atoms with Crippen molar-refractivity contribution in [3.63, 3.8) is 0 Å². The minimum Gasteiger partial charge on any atom is -0.397 e. The number of anilines is 1. The van der Waals surface area contributed by atoms with Crippen LogP contribution in [0.4, 0.5) is 32.0 Å². The molecule has 28 heavy (non-hydrogen) atoms. The fourth-order valence-corrected chi connectivity index (χ4v) is 3.32. The first kappa shape index (κ1) is 22.5. The number of nitrogen functional groups attached to an aromatic ring is 1. The Balaban J connectivity index is 2.85. The number of benzene rings is 1. The molecule has 152 valence electrons. The van der Waals surface area contributed by atoms with Crippen LogP contribution in [-0.2, 0) is 12.4 Å². The molecule has 0 radical (unpaired) electrons. The van der Waals surface area contributed by atoms with E-state index in [0.717, 1.165) is 0 Å². The highest BCUT2D eigenvalue weighted by atomic mass is 35.5. The maximum atomic E-state index is 13.3. The Bertz CT molecular complexity index is 978. The van der Waals surface area contributed by atoms with Gasteiger partial charge in [0.15, 0.2) is 5.69 Å². The molecule has 1 heterocycles. The van der Waals surface area contributed by atoms with Crippen LogP contribution in [0.15, 0.2) is 6.07 Å². The van der Waals surface area contributed by atoms with Gasteiger partial charge in [-0.1, -0.05) is 48.8 Å². The SMILES string of the molecule is C[Si](C)(C)C#Cc1c(-c2c(Cl)cc(C(F)(F)F)c(N)c2Cl)n[nH]c1C(F)(F)F. The first-order valence-electron chi connectivity index (χ1n) is 7.58. The predicted molar refractivity (Wildman–Crippen MR) is 98.7 cm³/mol. The lowest BCUT2D eigenvalue weighted by Crippen LogP contribution is -2.16. The van der Waals surface area contributed by atoms with Crippen molar-refractivity contribution >= 4 is 37.0 Å². The molecule has 0 amide bonds. The van der Waals surface area contributed by atoms with E-state index >= 15 is 0 Å². The van der Waals surface area contributed by atoms with Crippen LogP contribution < -0.4 is 5.73 Å². The van der Waals surface area contributed by atoms with Crippen molar-refractivity contribution < 1.29 is 26.3 Å². The van der Waals surface area contributed by atoms with Crippen molar-refractivity contribution in [2.75, 3.05) is 5.73 Å². The standard InChI is InChI=1S/C16H13Cl2F6N3Si/c1-28(2,3)5-4-7-13(26-27-14(7)16(22,23)24)10-9(17)6-8(15(19,20)21)12(25)11(10)18/h6H,25H2,1-3H3,(H,26,27). The summed E-state index contributed by atoms with van der Waals surface area (Å²) in [5.74, 6) is 2.44. The Morgan fingerprint density at radius 2 is 1.64 bits per heavy atom. The van der Waals surface area contributed by atoms with Crippen molar-refractivity contribution in [3.05, 3.63) is 32.9 Å². The molecule has 0 saturated heterocycles. The zero-order valence-corrected chi connectivity index (χ0v) is 17.1. The lowest BCUT2D eigenvalue weighted by Gasteiger charge is -2.15. The minimum absolute atomic E-state index is 0.361. The van der Waals surface area contributed by atoms with Gasteiger partial charge < -0.3 is 5.73 Å². The molecule has 0 atom stereocenters. The summed E-state index contributed by atoms with van der Waals surface area (Å²) >= 11 is 11.9. The van der Waals surface area contributed by atoms with Crippen molar-refractivity contribution in [2.24, 2.45) is 0 Å². The summed E-state index contributed by atoms with van der Waals surface area (Å²) in [5, 5.41) is 4.19. The molecule has 1 aromatic carbocycles. The van der Waals surface area contributed by atoms with E-state index in [1.165, 1.54) is 0 Å². The first-order valence-corrected chi connectivity index (χ1v) is 11.8. The fraction of sp³-hybridized carbons (Fsp3) is 0.312. The van der Waals surface area contributed by atoms with Crippen molar-refractivity contribution in [1.82, 2.24) is 10.2 Å². The van der Waals surface area contributed by atoms with Crippen LogP contribution in [-0.4, -0.2) is 18.3 Å². The maximum Gasteiger partial charge on any atom is 0.434 e. The summed E-state index contributed by atoms with van der Waals surface area (Å²) in [6.07, 6.45) is -9.68. The normalized spacial score (nSPS) is 12.7. The van der Waals surface area contributed by atoms with Crippen LogP contribution in [0.5, 0.6) is 0 Å². The number of nitrogens with two attached hydrogens (primary N) is 1. The lowest BCUT2D eigenvalue weighted by atomic mass is 10.0. The van der Waals surface area contributed by atoms with Crippen LogP contribution in [0.2, 0.25) is 29.7 Å². The van der Waals surface area contributed by atoms with Gasteiger partial charge in [0.2, 0.25) is 0 Å². The van der Waals surface area contributed by atoms with Crippen LogP contribution in [0.25, 0.3) is 11.3 Å². The number of hydrogen-bond acceptors (Lipinski definition) is 2. The van der Waals surface area contributed by atoms with E-state index in [4.69, 9.17) is 28.9 Å². The Hall–Kier alpha value is -1.83. The van der Waals surface area contributed by atoms with E-state index in [1.54, 1.807) is 0 Å². The highest BCUT2D eigenvalue weighted by Gasteiger charge is 2.39. The van der Waals surface area contributed by atoms with Gasteiger partial charge in [-0.3, -0.25) is 5.10 Å². The topological polar surface area (TPSA) is 54.7 Å². The second kappa shape index (κ2) is 7.20. The number of halogens is 8. The van der Waals surface area contributed by atoms with E-state index in [-0.39, 0.29) is 5.56 Å². The van der Waals surface area contributed by atoms with E-state index in [1.807, 2.05) is 24.7 Å².